The van der Waals surface area contributed by atoms with Gasteiger partial charge in [0.05, 0.1) is 0 Å². The van der Waals surface area contributed by atoms with Crippen LogP contribution in [0, 0.1) is 5.41 Å². The molecule has 7 aromatic carbocycles. The minimum absolute atomic E-state index is 0.00641. The quantitative estimate of drug-likeness (QED) is 0.0107. The zero-order valence-corrected chi connectivity index (χ0v) is 75.3. The monoisotopic (exact) mass is 1840 g/mol. The lowest BCUT2D eigenvalue weighted by Crippen LogP contribution is -2.61. The number of carboxylic acids is 1. The summed E-state index contributed by atoms with van der Waals surface area (Å²) in [4.78, 5) is 182. The number of rotatable bonds is 52. The summed E-state index contributed by atoms with van der Waals surface area (Å²) >= 11 is 0. The molecule has 710 valence electrons. The third-order valence-corrected chi connectivity index (χ3v) is 24.9. The number of carbonyl (C=O) groups excluding carboxylic acids is 10. The maximum atomic E-state index is 15.7. The van der Waals surface area contributed by atoms with Gasteiger partial charge in [-0.1, -0.05) is 140 Å². The summed E-state index contributed by atoms with van der Waals surface area (Å²) in [6.07, 6.45) is 9.73. The van der Waals surface area contributed by atoms with Crippen LogP contribution in [-0.2, 0) is 84.8 Å². The topological polar surface area (TPSA) is 582 Å². The van der Waals surface area contributed by atoms with Crippen molar-refractivity contribution in [1.82, 2.24) is 83.4 Å². The van der Waals surface area contributed by atoms with Gasteiger partial charge in [0.25, 0.3) is 0 Å². The van der Waals surface area contributed by atoms with Crippen molar-refractivity contribution in [3.05, 3.63) is 240 Å². The lowest BCUT2D eigenvalue weighted by atomic mass is 9.98. The average Bonchev–Trinajstić information content (AvgIpc) is 1.61. The molecule has 0 saturated heterocycles. The third kappa shape index (κ3) is 26.0. The van der Waals surface area contributed by atoms with Crippen molar-refractivity contribution >= 4 is 126 Å². The first-order chi connectivity index (χ1) is 65.6. The Kier molecular flexibility index (Phi) is 34.9. The number of aromatic amines is 5. The van der Waals surface area contributed by atoms with E-state index in [1.165, 1.54) is 0 Å². The maximum absolute atomic E-state index is 15.7. The van der Waals surface area contributed by atoms with Gasteiger partial charge >= 0.3 is 12.1 Å². The highest BCUT2D eigenvalue weighted by atomic mass is 16.5. The number of unbranched alkanes of at least 4 members (excludes halogenated alkanes) is 4. The van der Waals surface area contributed by atoms with Gasteiger partial charge in [-0.15, -0.1) is 0 Å². The van der Waals surface area contributed by atoms with Crippen LogP contribution in [-0.4, -0.2) is 201 Å². The predicted molar refractivity (Wildman–Crippen MR) is 518 cm³/mol. The Morgan fingerprint density at radius 3 is 0.830 bits per heavy atom. The Bertz CT molecular complexity index is 6090. The van der Waals surface area contributed by atoms with Crippen molar-refractivity contribution in [2.75, 3.05) is 39.3 Å². The summed E-state index contributed by atoms with van der Waals surface area (Å²) in [7, 11) is 0. The van der Waals surface area contributed by atoms with Gasteiger partial charge in [-0.05, 0) is 196 Å². The number of nitrogens with two attached hydrogens (primary N) is 5. The first kappa shape index (κ1) is 97.8. The number of carbonyl (C=O) groups is 11. The SMILES string of the molecule is N=C(N)NCCC[C@H](NC(=O)[C@H](CCCCN)NC(=O)[C@H](Cc1c[nH]c2ccccc12)NC(=O)[C@H](Cc1c[nH]c2ccccc12)NC(=O)[C@H](CCCCN)NC(=O)OCC1c2ccccc2-c2ccccc21)C(=O)N[C@@H](Cc1c[nH]c2ccccc12)C(=O)N[C@@H](CCCCN)C(=O)N[C@@H](CCCCN)C(=O)N[C@@H](Cc1c[nH]c2ccccc12)C(=O)N[C@@H](Cc1c[nH]c2ccccc12)C(=O)O. The van der Waals surface area contributed by atoms with Crippen molar-refractivity contribution in [1.29, 1.82) is 5.41 Å². The number of aliphatic carboxylic acids is 1. The molecule has 5 heterocycles. The average molecular weight is 1840 g/mol. The molecule has 0 fully saturated rings. The zero-order valence-electron chi connectivity index (χ0n) is 75.3. The van der Waals surface area contributed by atoms with E-state index in [-0.39, 0.29) is 128 Å². The van der Waals surface area contributed by atoms with Crippen LogP contribution in [0.15, 0.2) is 201 Å². The van der Waals surface area contributed by atoms with Gasteiger partial charge in [0, 0.05) is 130 Å². The molecule has 0 unspecified atom stereocenters. The Balaban J connectivity index is 0.759. The van der Waals surface area contributed by atoms with E-state index in [1.54, 1.807) is 37.1 Å². The van der Waals surface area contributed by atoms with E-state index in [0.29, 0.717) is 94.7 Å². The van der Waals surface area contributed by atoms with Crippen LogP contribution in [0.1, 0.15) is 135 Å². The second-order valence-corrected chi connectivity index (χ2v) is 34.3. The highest BCUT2D eigenvalue weighted by Gasteiger charge is 2.39. The zero-order chi connectivity index (χ0) is 95.3. The fraction of sp³-hybridized carbons (Fsp3) is 0.360. The van der Waals surface area contributed by atoms with E-state index >= 15 is 38.4 Å². The molecule has 12 aromatic rings. The number of ether oxygens (including phenoxy) is 1. The number of guanidine groups is 1. The lowest BCUT2D eigenvalue weighted by molar-refractivity contribution is -0.142. The van der Waals surface area contributed by atoms with E-state index in [2.05, 4.69) is 83.4 Å². The summed E-state index contributed by atoms with van der Waals surface area (Å²) in [6.45, 7) is 0.890. The standard InChI is InChI=1S/C100H122N22O13/c101-43-19-15-38-79(89(123)113-81(40-17-21-45-103)91(125)118-87(51-62-56-111-77-36-13-8-27-67(62)77)97(131)121-88(98(132)133)52-63-57-112-78-37-14-9-28-68(63)78)115-94(128)84(48-59-53-108-74-33-10-5-24-64(59)74)117-92(126)82(42-23-47-107-99(105)106)114-90(124)80(39-16-20-44-102)116-95(129)85(49-60-54-109-75-34-11-6-25-65(60)75)120-96(130)86(50-61-55-110-76-35-12-7-26-66(61)76)119-93(127)83(41-18-22-46-104)122-100(134)135-58-73-71-31-3-1-29-69(71)70-30-2-4-32-72(70)73/h1-14,24-37,53-57,73,79-88,108-112H,15-23,38-52,58,101-104H2,(H,113,123)(H,114,124)(H,115,128)(H,116,129)(H,117,126)(H,118,125)(H,119,127)(H,120,130)(H,121,131)(H,122,134)(H,132,133)(H4,105,106,107)/t79-,80-,81-,82-,83-,84-,85-,86-,87-,88-/m0/s1. The first-order valence-corrected chi connectivity index (χ1v) is 46.3. The predicted octanol–water partition coefficient (Wildman–Crippen LogP) is 6.74. The van der Waals surface area contributed by atoms with Crippen molar-refractivity contribution in [2.24, 2.45) is 28.7 Å². The van der Waals surface area contributed by atoms with Gasteiger partial charge in [0.15, 0.2) is 5.96 Å². The molecular weight excluding hydrogens is 1720 g/mol. The van der Waals surface area contributed by atoms with Crippen LogP contribution in [0.25, 0.3) is 65.6 Å². The van der Waals surface area contributed by atoms with Gasteiger partial charge < -0.3 is 122 Å². The molecule has 10 atom stereocenters. The molecule has 0 radical (unpaired) electrons. The Morgan fingerprint density at radius 1 is 0.311 bits per heavy atom. The Hall–Kier alpha value is -14.7. The second-order valence-electron chi connectivity index (χ2n) is 34.3. The highest BCUT2D eigenvalue weighted by molar-refractivity contribution is 6.01. The fourth-order valence-electron chi connectivity index (χ4n) is 17.7. The van der Waals surface area contributed by atoms with Gasteiger partial charge in [-0.2, -0.15) is 0 Å². The van der Waals surface area contributed by atoms with Crippen LogP contribution in [0.5, 0.6) is 0 Å². The van der Waals surface area contributed by atoms with Gasteiger partial charge in [0.2, 0.25) is 53.2 Å². The van der Waals surface area contributed by atoms with Crippen molar-refractivity contribution < 1.29 is 62.6 Å². The molecule has 1 aliphatic rings. The number of aromatic nitrogens is 5. The van der Waals surface area contributed by atoms with Crippen LogP contribution in [0.2, 0.25) is 0 Å². The molecule has 0 saturated carbocycles. The highest BCUT2D eigenvalue weighted by Crippen LogP contribution is 2.45. The van der Waals surface area contributed by atoms with Crippen LogP contribution < -0.4 is 87.2 Å². The molecule has 5 aromatic heterocycles. The van der Waals surface area contributed by atoms with E-state index in [9.17, 15) is 19.5 Å². The molecule has 135 heavy (non-hydrogen) atoms. The Labute approximate surface area is 780 Å². The number of alkyl carbamates (subject to hydrolysis) is 1. The number of carboxylic acid groups (broad SMARTS) is 1. The van der Waals surface area contributed by atoms with Crippen LogP contribution in [0.3, 0.4) is 0 Å². The number of hydrogen-bond donors (Lipinski definition) is 23. The molecular formula is C100H122N22O13. The van der Waals surface area contributed by atoms with Crippen molar-refractivity contribution in [2.45, 2.75) is 188 Å². The summed E-state index contributed by atoms with van der Waals surface area (Å²) < 4.78 is 5.96. The minimum Gasteiger partial charge on any atom is -0.480 e. The molecule has 0 bridgehead atoms. The van der Waals surface area contributed by atoms with E-state index in [1.807, 2.05) is 164 Å². The van der Waals surface area contributed by atoms with Gasteiger partial charge in [0.1, 0.15) is 67.0 Å². The number of benzene rings is 7. The van der Waals surface area contributed by atoms with E-state index < -0.39 is 126 Å². The fourth-order valence-corrected chi connectivity index (χ4v) is 17.7. The number of nitrogens with one attached hydrogen (secondary N) is 17. The number of H-pyrrole nitrogens is 5. The lowest BCUT2D eigenvalue weighted by Gasteiger charge is -2.29. The number of para-hydroxylation sites is 5. The molecule has 0 aliphatic heterocycles. The summed E-state index contributed by atoms with van der Waals surface area (Å²) in [5.41, 5.74) is 40.6. The number of hydrogen-bond acceptors (Lipinski definition) is 17. The molecule has 0 spiro atoms. The number of fused-ring (bicyclic) bond motifs is 8. The largest absolute Gasteiger partial charge is 0.480 e. The van der Waals surface area contributed by atoms with Crippen molar-refractivity contribution in [3.63, 3.8) is 0 Å². The number of amides is 10. The Morgan fingerprint density at radius 2 is 0.548 bits per heavy atom. The molecule has 35 nitrogen and oxygen atoms in total. The molecule has 1 aliphatic carbocycles. The summed E-state index contributed by atoms with van der Waals surface area (Å²) in [5, 5.41) is 53.7. The van der Waals surface area contributed by atoms with Crippen LogP contribution in [0.4, 0.5) is 4.79 Å². The molecule has 28 N–H and O–H groups in total. The van der Waals surface area contributed by atoms with Crippen molar-refractivity contribution in [3.8, 4) is 11.1 Å². The molecule has 35 heteroatoms. The first-order valence-electron chi connectivity index (χ1n) is 46.3. The second kappa shape index (κ2) is 48.1. The van der Waals surface area contributed by atoms with E-state index in [4.69, 9.17) is 38.8 Å². The smallest absolute Gasteiger partial charge is 0.407 e. The van der Waals surface area contributed by atoms with Gasteiger partial charge in [-0.25, -0.2) is 9.59 Å². The molecule has 13 rings (SSSR count). The normalized spacial score (nSPS) is 14.0. The summed E-state index contributed by atoms with van der Waals surface area (Å²) in [5.74, 6) is -9.45. The third-order valence-electron chi connectivity index (χ3n) is 24.9. The minimum atomic E-state index is -1.53. The van der Waals surface area contributed by atoms with Crippen LogP contribution >= 0.6 is 0 Å². The van der Waals surface area contributed by atoms with E-state index in [0.717, 1.165) is 55.0 Å². The maximum Gasteiger partial charge on any atom is 0.407 e. The molecule has 10 amide bonds. The van der Waals surface area contributed by atoms with Gasteiger partial charge in [-0.3, -0.25) is 48.6 Å². The summed E-state index contributed by atoms with van der Waals surface area (Å²) in [6, 6.07) is 38.1.